The minimum absolute atomic E-state index is 0.0314. The number of amides is 2. The number of hydrogen-bond donors (Lipinski definition) is 3. The van der Waals surface area contributed by atoms with E-state index >= 15 is 0 Å². The van der Waals surface area contributed by atoms with Gasteiger partial charge < -0.3 is 11.1 Å². The molecular formula is C18H19N3O4S. The van der Waals surface area contributed by atoms with Crippen LogP contribution in [0.1, 0.15) is 39.1 Å². The lowest BCUT2D eigenvalue weighted by Gasteiger charge is -2.08. The highest BCUT2D eigenvalue weighted by atomic mass is 32.2. The summed E-state index contributed by atoms with van der Waals surface area (Å²) in [6.45, 7) is 0.279. The van der Waals surface area contributed by atoms with Crippen LogP contribution in [0, 0.1) is 0 Å². The molecule has 0 radical (unpaired) electrons. The third-order valence-corrected chi connectivity index (χ3v) is 5.55. The van der Waals surface area contributed by atoms with Crippen LogP contribution >= 0.6 is 0 Å². The Balaban J connectivity index is 1.60. The van der Waals surface area contributed by atoms with E-state index in [4.69, 9.17) is 5.73 Å². The van der Waals surface area contributed by atoms with Gasteiger partial charge in [0.2, 0.25) is 15.9 Å². The average Bonchev–Trinajstić information content (AvgIpc) is 3.43. The highest BCUT2D eigenvalue weighted by Gasteiger charge is 2.27. The second kappa shape index (κ2) is 7.27. The molecule has 136 valence electrons. The summed E-state index contributed by atoms with van der Waals surface area (Å²) >= 11 is 0. The van der Waals surface area contributed by atoms with Gasteiger partial charge in [0.1, 0.15) is 0 Å². The van der Waals surface area contributed by atoms with Crippen molar-refractivity contribution in [2.24, 2.45) is 5.73 Å². The standard InChI is InChI=1S/C18H19N3O4S/c19-17(22)13-3-1-12(2-4-13)11-20-18(23)14-5-9-16(10-6-14)26(24,25)21-15-7-8-15/h1-6,9-10,15,21H,7-8,11H2,(H2,19,22)(H,20,23). The molecule has 2 aromatic carbocycles. The van der Waals surface area contributed by atoms with Crippen molar-refractivity contribution in [3.8, 4) is 0 Å². The molecule has 0 unspecified atom stereocenters. The lowest BCUT2D eigenvalue weighted by molar-refractivity contribution is 0.0949. The quantitative estimate of drug-likeness (QED) is 0.675. The summed E-state index contributed by atoms with van der Waals surface area (Å²) in [5.41, 5.74) is 6.76. The lowest BCUT2D eigenvalue weighted by atomic mass is 10.1. The Kier molecular flexibility index (Phi) is 5.06. The minimum Gasteiger partial charge on any atom is -0.366 e. The predicted octanol–water partition coefficient (Wildman–Crippen LogP) is 1.16. The predicted molar refractivity (Wildman–Crippen MR) is 95.9 cm³/mol. The smallest absolute Gasteiger partial charge is 0.251 e. The van der Waals surface area contributed by atoms with E-state index in [-0.39, 0.29) is 23.4 Å². The minimum atomic E-state index is -3.53. The van der Waals surface area contributed by atoms with E-state index in [2.05, 4.69) is 10.0 Å². The Morgan fingerprint density at radius 2 is 1.54 bits per heavy atom. The maximum atomic E-state index is 12.2. The Morgan fingerprint density at radius 3 is 2.08 bits per heavy atom. The van der Waals surface area contributed by atoms with Crippen molar-refractivity contribution < 1.29 is 18.0 Å². The van der Waals surface area contributed by atoms with Crippen LogP contribution in [-0.4, -0.2) is 26.3 Å². The molecular weight excluding hydrogens is 354 g/mol. The molecule has 3 rings (SSSR count). The van der Waals surface area contributed by atoms with Gasteiger partial charge >= 0.3 is 0 Å². The molecule has 7 nitrogen and oxygen atoms in total. The van der Waals surface area contributed by atoms with Crippen molar-refractivity contribution in [2.75, 3.05) is 0 Å². The number of hydrogen-bond acceptors (Lipinski definition) is 4. The van der Waals surface area contributed by atoms with E-state index in [9.17, 15) is 18.0 Å². The fourth-order valence-electron chi connectivity index (χ4n) is 2.35. The van der Waals surface area contributed by atoms with Crippen LogP contribution in [0.15, 0.2) is 53.4 Å². The van der Waals surface area contributed by atoms with Gasteiger partial charge in [-0.1, -0.05) is 12.1 Å². The van der Waals surface area contributed by atoms with Gasteiger partial charge in [-0.25, -0.2) is 13.1 Å². The Labute approximate surface area is 151 Å². The first kappa shape index (κ1) is 18.1. The Hall–Kier alpha value is -2.71. The van der Waals surface area contributed by atoms with E-state index in [0.29, 0.717) is 11.1 Å². The maximum absolute atomic E-state index is 12.2. The number of benzene rings is 2. The topological polar surface area (TPSA) is 118 Å². The van der Waals surface area contributed by atoms with Gasteiger partial charge in [-0.3, -0.25) is 9.59 Å². The Bertz CT molecular complexity index is 918. The van der Waals surface area contributed by atoms with Crippen LogP contribution in [0.4, 0.5) is 0 Å². The average molecular weight is 373 g/mol. The number of nitrogens with one attached hydrogen (secondary N) is 2. The zero-order valence-corrected chi connectivity index (χ0v) is 14.8. The highest BCUT2D eigenvalue weighted by Crippen LogP contribution is 2.22. The van der Waals surface area contributed by atoms with E-state index in [0.717, 1.165) is 18.4 Å². The molecule has 0 aliphatic heterocycles. The van der Waals surface area contributed by atoms with E-state index in [1.165, 1.54) is 24.3 Å². The van der Waals surface area contributed by atoms with Crippen molar-refractivity contribution in [2.45, 2.75) is 30.3 Å². The molecule has 2 amide bonds. The van der Waals surface area contributed by atoms with Crippen LogP contribution in [-0.2, 0) is 16.6 Å². The van der Waals surface area contributed by atoms with E-state index in [1.54, 1.807) is 24.3 Å². The first-order valence-corrected chi connectivity index (χ1v) is 9.63. The van der Waals surface area contributed by atoms with Crippen molar-refractivity contribution >= 4 is 21.8 Å². The summed E-state index contributed by atoms with van der Waals surface area (Å²) in [4.78, 5) is 23.4. The SMILES string of the molecule is NC(=O)c1ccc(CNC(=O)c2ccc(S(=O)(=O)NC3CC3)cc2)cc1. The van der Waals surface area contributed by atoms with Crippen LogP contribution < -0.4 is 15.8 Å². The second-order valence-electron chi connectivity index (χ2n) is 6.16. The summed E-state index contributed by atoms with van der Waals surface area (Å²) in [6.07, 6.45) is 1.72. The fraction of sp³-hybridized carbons (Fsp3) is 0.222. The molecule has 0 spiro atoms. The zero-order chi connectivity index (χ0) is 18.7. The first-order chi connectivity index (χ1) is 12.3. The second-order valence-corrected chi connectivity index (χ2v) is 7.88. The van der Waals surface area contributed by atoms with Crippen molar-refractivity contribution in [3.05, 3.63) is 65.2 Å². The molecule has 0 saturated heterocycles. The summed E-state index contributed by atoms with van der Waals surface area (Å²) in [5.74, 6) is -0.824. The number of rotatable bonds is 7. The van der Waals surface area contributed by atoms with Gasteiger partial charge in [0.15, 0.2) is 0 Å². The van der Waals surface area contributed by atoms with Crippen LogP contribution in [0.2, 0.25) is 0 Å². The van der Waals surface area contributed by atoms with Crippen LogP contribution in [0.3, 0.4) is 0 Å². The lowest BCUT2D eigenvalue weighted by Crippen LogP contribution is -2.26. The third kappa shape index (κ3) is 4.47. The molecule has 8 heteroatoms. The molecule has 0 bridgehead atoms. The maximum Gasteiger partial charge on any atom is 0.251 e. The number of primary amides is 1. The van der Waals surface area contributed by atoms with Crippen LogP contribution in [0.5, 0.6) is 0 Å². The van der Waals surface area contributed by atoms with Crippen molar-refractivity contribution in [3.63, 3.8) is 0 Å². The molecule has 1 aliphatic carbocycles. The van der Waals surface area contributed by atoms with Gasteiger partial charge in [0, 0.05) is 23.7 Å². The number of carbonyl (C=O) groups is 2. The third-order valence-electron chi connectivity index (χ3n) is 4.02. The van der Waals surface area contributed by atoms with Gasteiger partial charge in [0.05, 0.1) is 4.90 Å². The monoisotopic (exact) mass is 373 g/mol. The molecule has 2 aromatic rings. The summed E-state index contributed by atoms with van der Waals surface area (Å²) in [6, 6.07) is 12.4. The molecule has 0 aromatic heterocycles. The van der Waals surface area contributed by atoms with Gasteiger partial charge in [0.25, 0.3) is 5.91 Å². The van der Waals surface area contributed by atoms with Crippen molar-refractivity contribution in [1.29, 1.82) is 0 Å². The normalized spacial score (nSPS) is 14.0. The van der Waals surface area contributed by atoms with Crippen molar-refractivity contribution in [1.82, 2.24) is 10.0 Å². The summed E-state index contributed by atoms with van der Waals surface area (Å²) in [5, 5.41) is 2.74. The first-order valence-electron chi connectivity index (χ1n) is 8.14. The summed E-state index contributed by atoms with van der Waals surface area (Å²) in [7, 11) is -3.53. The molecule has 1 saturated carbocycles. The van der Waals surface area contributed by atoms with Gasteiger partial charge in [-0.05, 0) is 54.8 Å². The largest absolute Gasteiger partial charge is 0.366 e. The van der Waals surface area contributed by atoms with Crippen LogP contribution in [0.25, 0.3) is 0 Å². The zero-order valence-electron chi connectivity index (χ0n) is 13.9. The fourth-order valence-corrected chi connectivity index (χ4v) is 3.65. The summed E-state index contributed by atoms with van der Waals surface area (Å²) < 4.78 is 26.8. The highest BCUT2D eigenvalue weighted by molar-refractivity contribution is 7.89. The number of sulfonamides is 1. The number of nitrogens with two attached hydrogens (primary N) is 1. The number of carbonyl (C=O) groups excluding carboxylic acids is 2. The Morgan fingerprint density at radius 1 is 0.962 bits per heavy atom. The molecule has 0 atom stereocenters. The van der Waals surface area contributed by atoms with E-state index in [1.807, 2.05) is 0 Å². The molecule has 1 aliphatic rings. The molecule has 4 N–H and O–H groups in total. The van der Waals surface area contributed by atoms with Gasteiger partial charge in [-0.2, -0.15) is 0 Å². The van der Waals surface area contributed by atoms with Gasteiger partial charge in [-0.15, -0.1) is 0 Å². The molecule has 0 heterocycles. The molecule has 26 heavy (non-hydrogen) atoms. The molecule has 1 fully saturated rings. The van der Waals surface area contributed by atoms with E-state index < -0.39 is 15.9 Å².